The molecule has 6 nitrogen and oxygen atoms in total. The van der Waals surface area contributed by atoms with Crippen molar-refractivity contribution in [1.82, 2.24) is 14.8 Å². The summed E-state index contributed by atoms with van der Waals surface area (Å²) >= 11 is 1.51. The summed E-state index contributed by atoms with van der Waals surface area (Å²) in [5, 5.41) is 5.06. The fourth-order valence-corrected chi connectivity index (χ4v) is 5.42. The molecule has 1 aliphatic rings. The third kappa shape index (κ3) is 4.94. The molecule has 4 rings (SSSR count). The zero-order valence-corrected chi connectivity index (χ0v) is 20.3. The Balaban J connectivity index is 1.74. The second-order valence-electron chi connectivity index (χ2n) is 8.33. The molecule has 33 heavy (non-hydrogen) atoms. The van der Waals surface area contributed by atoms with Crippen molar-refractivity contribution in [3.63, 3.8) is 0 Å². The Morgan fingerprint density at radius 3 is 2.70 bits per heavy atom. The van der Waals surface area contributed by atoms with E-state index in [1.165, 1.54) is 11.8 Å². The topological polar surface area (TPSA) is 63.6 Å². The van der Waals surface area contributed by atoms with Gasteiger partial charge in [0, 0.05) is 49.8 Å². The zero-order valence-electron chi connectivity index (χ0n) is 19.5. The number of thioether (sulfide) groups is 1. The molecule has 174 valence electrons. The lowest BCUT2D eigenvalue weighted by Crippen LogP contribution is -2.43. The molecule has 0 fully saturated rings. The number of nitrogens with zero attached hydrogens (tertiary/aromatic N) is 2. The van der Waals surface area contributed by atoms with Crippen LogP contribution in [0.2, 0.25) is 0 Å². The van der Waals surface area contributed by atoms with Crippen LogP contribution in [0.1, 0.15) is 36.1 Å². The van der Waals surface area contributed by atoms with Crippen molar-refractivity contribution in [3.05, 3.63) is 65.2 Å². The van der Waals surface area contributed by atoms with E-state index in [2.05, 4.69) is 16.0 Å². The van der Waals surface area contributed by atoms with Gasteiger partial charge in [-0.25, -0.2) is 0 Å². The fourth-order valence-electron chi connectivity index (χ4n) is 4.32. The largest absolute Gasteiger partial charge is 0.382 e. The predicted molar refractivity (Wildman–Crippen MR) is 132 cm³/mol. The van der Waals surface area contributed by atoms with Crippen LogP contribution in [0.15, 0.2) is 53.6 Å². The summed E-state index contributed by atoms with van der Waals surface area (Å²) in [6.07, 6.45) is 0.732. The molecule has 1 aromatic heterocycles. The number of aromatic nitrogens is 1. The van der Waals surface area contributed by atoms with Crippen LogP contribution < -0.4 is 5.32 Å². The van der Waals surface area contributed by atoms with Gasteiger partial charge in [0.2, 0.25) is 11.8 Å². The van der Waals surface area contributed by atoms with Crippen molar-refractivity contribution in [2.45, 2.75) is 37.9 Å². The fraction of sp³-hybridized carbons (Fsp3) is 0.385. The first-order chi connectivity index (χ1) is 16.0. The Hall–Kier alpha value is -2.77. The SMILES string of the molecule is CCOCCCNC(=O)[C@H]1c2c(n(C)c3ccccc23)SCC(=O)N1Cc1ccc(C)cc1. The molecule has 2 amide bonds. The van der Waals surface area contributed by atoms with Crippen LogP contribution in [0.25, 0.3) is 10.9 Å². The number of rotatable bonds is 8. The smallest absolute Gasteiger partial charge is 0.247 e. The molecule has 1 aliphatic heterocycles. The van der Waals surface area contributed by atoms with Gasteiger partial charge in [0.05, 0.1) is 10.8 Å². The summed E-state index contributed by atoms with van der Waals surface area (Å²) < 4.78 is 7.51. The summed E-state index contributed by atoms with van der Waals surface area (Å²) in [5.74, 6) is 0.124. The van der Waals surface area contributed by atoms with Crippen LogP contribution in [-0.4, -0.2) is 46.8 Å². The number of nitrogens with one attached hydrogen (secondary N) is 1. The first-order valence-electron chi connectivity index (χ1n) is 11.4. The Bertz CT molecular complexity index is 1140. The molecule has 3 aromatic rings. The Morgan fingerprint density at radius 2 is 1.94 bits per heavy atom. The van der Waals surface area contributed by atoms with Crippen LogP contribution in [0, 0.1) is 6.92 Å². The lowest BCUT2D eigenvalue weighted by atomic mass is 10.0. The van der Waals surface area contributed by atoms with E-state index < -0.39 is 6.04 Å². The second-order valence-corrected chi connectivity index (χ2v) is 9.30. The van der Waals surface area contributed by atoms with E-state index in [0.717, 1.165) is 39.0 Å². The molecule has 7 heteroatoms. The van der Waals surface area contributed by atoms with Crippen LogP contribution in [0.5, 0.6) is 0 Å². The van der Waals surface area contributed by atoms with Gasteiger partial charge < -0.3 is 19.5 Å². The lowest BCUT2D eigenvalue weighted by molar-refractivity contribution is -0.139. The molecule has 0 saturated carbocycles. The summed E-state index contributed by atoms with van der Waals surface area (Å²) in [7, 11) is 2.01. The van der Waals surface area contributed by atoms with E-state index in [9.17, 15) is 9.59 Å². The van der Waals surface area contributed by atoms with Crippen LogP contribution in [0.4, 0.5) is 0 Å². The minimum atomic E-state index is -0.693. The molecule has 0 bridgehead atoms. The third-order valence-electron chi connectivity index (χ3n) is 6.02. The van der Waals surface area contributed by atoms with Gasteiger partial charge in [0.15, 0.2) is 0 Å². The highest BCUT2D eigenvalue weighted by molar-refractivity contribution is 8.00. The van der Waals surface area contributed by atoms with Crippen molar-refractivity contribution in [2.24, 2.45) is 7.05 Å². The summed E-state index contributed by atoms with van der Waals surface area (Å²) in [5.41, 5.74) is 4.15. The summed E-state index contributed by atoms with van der Waals surface area (Å²) in [6.45, 7) is 6.15. The van der Waals surface area contributed by atoms with E-state index in [4.69, 9.17) is 4.74 Å². The molecule has 0 spiro atoms. The average molecular weight is 466 g/mol. The lowest BCUT2D eigenvalue weighted by Gasteiger charge is -2.30. The number of carbonyl (C=O) groups is 2. The van der Waals surface area contributed by atoms with Crippen molar-refractivity contribution in [1.29, 1.82) is 0 Å². The molecule has 1 N–H and O–H groups in total. The molecule has 1 atom stereocenters. The van der Waals surface area contributed by atoms with E-state index in [0.29, 0.717) is 32.1 Å². The first kappa shape index (κ1) is 23.4. The number of benzene rings is 2. The second kappa shape index (κ2) is 10.4. The van der Waals surface area contributed by atoms with E-state index in [-0.39, 0.29) is 11.8 Å². The number of aryl methyl sites for hydroxylation is 2. The van der Waals surface area contributed by atoms with Gasteiger partial charge in [-0.05, 0) is 31.9 Å². The molecular weight excluding hydrogens is 434 g/mol. The number of hydrogen-bond donors (Lipinski definition) is 1. The number of ether oxygens (including phenoxy) is 1. The number of amides is 2. The Labute approximate surface area is 199 Å². The van der Waals surface area contributed by atoms with Crippen LogP contribution >= 0.6 is 11.8 Å². The molecule has 0 saturated heterocycles. The number of para-hydroxylation sites is 1. The van der Waals surface area contributed by atoms with E-state index in [1.54, 1.807) is 4.90 Å². The molecule has 0 radical (unpaired) electrons. The van der Waals surface area contributed by atoms with Gasteiger partial charge in [-0.1, -0.05) is 59.8 Å². The molecule has 0 aliphatic carbocycles. The molecular formula is C26H31N3O3S. The van der Waals surface area contributed by atoms with Gasteiger partial charge in [-0.15, -0.1) is 0 Å². The van der Waals surface area contributed by atoms with E-state index in [1.807, 2.05) is 63.4 Å². The quantitative estimate of drug-likeness (QED) is 0.507. The average Bonchev–Trinajstić information content (AvgIpc) is 3.00. The van der Waals surface area contributed by atoms with Crippen LogP contribution in [0.3, 0.4) is 0 Å². The Morgan fingerprint density at radius 1 is 1.18 bits per heavy atom. The maximum Gasteiger partial charge on any atom is 0.247 e. The monoisotopic (exact) mass is 465 g/mol. The molecule has 2 heterocycles. The number of hydrogen-bond acceptors (Lipinski definition) is 4. The highest BCUT2D eigenvalue weighted by Crippen LogP contribution is 2.42. The van der Waals surface area contributed by atoms with E-state index >= 15 is 0 Å². The summed E-state index contributed by atoms with van der Waals surface area (Å²) in [6, 6.07) is 15.5. The first-order valence-corrected chi connectivity index (χ1v) is 12.4. The van der Waals surface area contributed by atoms with Crippen molar-refractivity contribution in [2.75, 3.05) is 25.5 Å². The zero-order chi connectivity index (χ0) is 23.4. The predicted octanol–water partition coefficient (Wildman–Crippen LogP) is 4.21. The number of carbonyl (C=O) groups excluding carboxylic acids is 2. The van der Waals surface area contributed by atoms with Crippen molar-refractivity contribution < 1.29 is 14.3 Å². The van der Waals surface area contributed by atoms with Gasteiger partial charge in [-0.2, -0.15) is 0 Å². The standard InChI is InChI=1S/C26H31N3O3S/c1-4-32-15-7-14-27-25(31)24-23-20-8-5-6-9-21(20)28(3)26(23)33-17-22(30)29(24)16-19-12-10-18(2)11-13-19/h5-6,8-13,24H,4,7,14-17H2,1-3H3,(H,27,31)/t24-/m1/s1. The van der Waals surface area contributed by atoms with Gasteiger partial charge >= 0.3 is 0 Å². The number of fused-ring (bicyclic) bond motifs is 3. The van der Waals surface area contributed by atoms with Crippen molar-refractivity contribution >= 4 is 34.5 Å². The van der Waals surface area contributed by atoms with Crippen LogP contribution in [-0.2, 0) is 27.9 Å². The minimum Gasteiger partial charge on any atom is -0.382 e. The van der Waals surface area contributed by atoms with Gasteiger partial charge in [0.25, 0.3) is 0 Å². The molecule has 2 aromatic carbocycles. The highest BCUT2D eigenvalue weighted by Gasteiger charge is 2.38. The Kier molecular flexibility index (Phi) is 7.40. The molecule has 0 unspecified atom stereocenters. The normalized spacial score (nSPS) is 16.0. The summed E-state index contributed by atoms with van der Waals surface area (Å²) in [4.78, 5) is 28.7. The minimum absolute atomic E-state index is 0.0321. The highest BCUT2D eigenvalue weighted by atomic mass is 32.2. The van der Waals surface area contributed by atoms with Crippen molar-refractivity contribution in [3.8, 4) is 0 Å². The maximum atomic E-state index is 13.6. The third-order valence-corrected chi connectivity index (χ3v) is 7.18. The van der Waals surface area contributed by atoms with Gasteiger partial charge in [-0.3, -0.25) is 9.59 Å². The van der Waals surface area contributed by atoms with Gasteiger partial charge in [0.1, 0.15) is 6.04 Å². The maximum absolute atomic E-state index is 13.6.